The standard InChI is InChI=1S/C37H37ClN2/c1-7-13-32(19-18-28(8-2)24-40-25-39)34-15-12-17-36(27(34)6)35-16-11-14-31(26(35)5)20-21-33-22-29(9-3)30(10-4)23-37(33)38/h7-19,22-25H,1-4,20-21H2,5-6H3,(H2,39,40)/b19-18-,28-24-,32-13+. The van der Waals surface area contributed by atoms with E-state index in [0.717, 1.165) is 51.3 Å². The fraction of sp³-hybridized carbons (Fsp3) is 0.108. The summed E-state index contributed by atoms with van der Waals surface area (Å²) in [6.07, 6.45) is 17.9. The molecule has 0 aliphatic heterocycles. The van der Waals surface area contributed by atoms with Crippen LogP contribution in [0.25, 0.3) is 28.9 Å². The Morgan fingerprint density at radius 1 is 0.850 bits per heavy atom. The molecule has 0 atom stereocenters. The quantitative estimate of drug-likeness (QED) is 0.137. The average molecular weight is 545 g/mol. The van der Waals surface area contributed by atoms with Crippen LogP contribution in [0.5, 0.6) is 0 Å². The zero-order chi connectivity index (χ0) is 29.1. The molecule has 0 aliphatic rings. The first-order valence-electron chi connectivity index (χ1n) is 13.2. The maximum atomic E-state index is 6.62. The summed E-state index contributed by atoms with van der Waals surface area (Å²) in [6.45, 7) is 20.0. The van der Waals surface area contributed by atoms with E-state index in [-0.39, 0.29) is 0 Å². The number of benzene rings is 3. The molecule has 0 aromatic heterocycles. The third-order valence-electron chi connectivity index (χ3n) is 7.03. The second-order valence-electron chi connectivity index (χ2n) is 9.37. The van der Waals surface area contributed by atoms with Gasteiger partial charge in [-0.2, -0.15) is 0 Å². The molecule has 3 aromatic rings. The van der Waals surface area contributed by atoms with E-state index in [9.17, 15) is 0 Å². The lowest BCUT2D eigenvalue weighted by Gasteiger charge is -2.17. The van der Waals surface area contributed by atoms with Crippen LogP contribution in [-0.2, 0) is 12.8 Å². The van der Waals surface area contributed by atoms with Gasteiger partial charge in [0, 0.05) is 11.2 Å². The summed E-state index contributed by atoms with van der Waals surface area (Å²) in [5.41, 5.74) is 17.8. The minimum atomic E-state index is 0.761. The Morgan fingerprint density at radius 2 is 1.50 bits per heavy atom. The van der Waals surface area contributed by atoms with Crippen molar-refractivity contribution in [3.05, 3.63) is 161 Å². The van der Waals surface area contributed by atoms with E-state index in [1.54, 1.807) is 18.4 Å². The number of aliphatic imine (C=N–C) groups is 1. The number of halogens is 1. The van der Waals surface area contributed by atoms with Crippen LogP contribution in [0.1, 0.15) is 38.9 Å². The molecule has 2 nitrogen and oxygen atoms in total. The summed E-state index contributed by atoms with van der Waals surface area (Å²) >= 11 is 6.62. The molecule has 0 radical (unpaired) electrons. The van der Waals surface area contributed by atoms with Gasteiger partial charge in [-0.25, -0.2) is 4.99 Å². The lowest BCUT2D eigenvalue weighted by molar-refractivity contribution is 0.949. The van der Waals surface area contributed by atoms with Gasteiger partial charge < -0.3 is 5.73 Å². The van der Waals surface area contributed by atoms with Gasteiger partial charge in [0.15, 0.2) is 0 Å². The van der Waals surface area contributed by atoms with Crippen LogP contribution < -0.4 is 5.73 Å². The smallest absolute Gasteiger partial charge is 0.0853 e. The molecule has 2 N–H and O–H groups in total. The molecule has 0 spiro atoms. The van der Waals surface area contributed by atoms with Gasteiger partial charge in [0.25, 0.3) is 0 Å². The number of aryl methyl sites for hydroxylation is 2. The van der Waals surface area contributed by atoms with Crippen LogP contribution in [0.2, 0.25) is 5.02 Å². The van der Waals surface area contributed by atoms with Gasteiger partial charge in [-0.1, -0.05) is 117 Å². The Balaban J connectivity index is 1.97. The zero-order valence-electron chi connectivity index (χ0n) is 23.5. The topological polar surface area (TPSA) is 38.4 Å². The Morgan fingerprint density at radius 3 is 2.15 bits per heavy atom. The van der Waals surface area contributed by atoms with Crippen molar-refractivity contribution in [2.75, 3.05) is 0 Å². The van der Waals surface area contributed by atoms with Crippen molar-refractivity contribution in [3.63, 3.8) is 0 Å². The SMILES string of the molecule is C=C\C=C(/C=C\C(C=C)=C/N=CN)c1cccc(-c2cccc(CCc3cc(C=C)c(C=C)cc3Cl)c2C)c1C. The molecule has 0 unspecified atom stereocenters. The molecular formula is C37H37ClN2. The van der Waals surface area contributed by atoms with Crippen molar-refractivity contribution in [1.82, 2.24) is 0 Å². The first-order valence-corrected chi connectivity index (χ1v) is 13.6. The van der Waals surface area contributed by atoms with E-state index in [1.807, 2.05) is 30.4 Å². The van der Waals surface area contributed by atoms with Gasteiger partial charge in [-0.05, 0) is 100 Å². The Bertz CT molecular complexity index is 1550. The molecule has 0 bridgehead atoms. The highest BCUT2D eigenvalue weighted by atomic mass is 35.5. The second kappa shape index (κ2) is 14.7. The number of hydrogen-bond donors (Lipinski definition) is 1. The molecule has 0 aliphatic carbocycles. The lowest BCUT2D eigenvalue weighted by atomic mass is 9.88. The lowest BCUT2D eigenvalue weighted by Crippen LogP contribution is -1.99. The van der Waals surface area contributed by atoms with Gasteiger partial charge in [0.2, 0.25) is 0 Å². The number of nitrogens with zero attached hydrogens (tertiary/aromatic N) is 1. The Hall–Kier alpha value is -4.40. The van der Waals surface area contributed by atoms with Crippen LogP contribution >= 0.6 is 11.6 Å². The van der Waals surface area contributed by atoms with E-state index in [4.69, 9.17) is 17.3 Å². The summed E-state index contributed by atoms with van der Waals surface area (Å²) in [5, 5.41) is 0.761. The molecule has 202 valence electrons. The predicted molar refractivity (Wildman–Crippen MR) is 179 cm³/mol. The molecule has 3 aromatic carbocycles. The summed E-state index contributed by atoms with van der Waals surface area (Å²) in [7, 11) is 0. The van der Waals surface area contributed by atoms with E-state index < -0.39 is 0 Å². The van der Waals surface area contributed by atoms with Crippen molar-refractivity contribution in [1.29, 1.82) is 0 Å². The molecule has 0 amide bonds. The highest BCUT2D eigenvalue weighted by Crippen LogP contribution is 2.34. The maximum Gasteiger partial charge on any atom is 0.0853 e. The van der Waals surface area contributed by atoms with Gasteiger partial charge >= 0.3 is 0 Å². The van der Waals surface area contributed by atoms with Gasteiger partial charge in [0.1, 0.15) is 0 Å². The van der Waals surface area contributed by atoms with E-state index in [0.29, 0.717) is 0 Å². The van der Waals surface area contributed by atoms with Crippen LogP contribution in [0.3, 0.4) is 0 Å². The van der Waals surface area contributed by atoms with Crippen molar-refractivity contribution >= 4 is 35.7 Å². The van der Waals surface area contributed by atoms with Crippen molar-refractivity contribution in [2.45, 2.75) is 26.7 Å². The minimum absolute atomic E-state index is 0.761. The number of nitrogens with two attached hydrogens (primary N) is 1. The Kier molecular flexibility index (Phi) is 11.1. The molecule has 3 rings (SSSR count). The molecule has 40 heavy (non-hydrogen) atoms. The Labute approximate surface area is 244 Å². The van der Waals surface area contributed by atoms with E-state index in [1.165, 1.54) is 34.2 Å². The van der Waals surface area contributed by atoms with Crippen LogP contribution in [0.4, 0.5) is 0 Å². The number of hydrogen-bond acceptors (Lipinski definition) is 1. The summed E-state index contributed by atoms with van der Waals surface area (Å²) < 4.78 is 0. The first kappa shape index (κ1) is 30.1. The van der Waals surface area contributed by atoms with Crippen molar-refractivity contribution < 1.29 is 0 Å². The molecule has 0 fully saturated rings. The molecule has 0 saturated carbocycles. The van der Waals surface area contributed by atoms with Gasteiger partial charge in [-0.15, -0.1) is 0 Å². The predicted octanol–water partition coefficient (Wildman–Crippen LogP) is 9.88. The van der Waals surface area contributed by atoms with Crippen molar-refractivity contribution in [2.24, 2.45) is 10.7 Å². The first-order chi connectivity index (χ1) is 19.4. The van der Waals surface area contributed by atoms with Crippen LogP contribution in [0.15, 0.2) is 122 Å². The summed E-state index contributed by atoms with van der Waals surface area (Å²) in [6, 6.07) is 17.1. The maximum absolute atomic E-state index is 6.62. The fourth-order valence-corrected chi connectivity index (χ4v) is 5.06. The highest BCUT2D eigenvalue weighted by molar-refractivity contribution is 6.31. The van der Waals surface area contributed by atoms with E-state index >= 15 is 0 Å². The largest absolute Gasteiger partial charge is 0.390 e. The normalized spacial score (nSPS) is 12.2. The zero-order valence-corrected chi connectivity index (χ0v) is 24.2. The van der Waals surface area contributed by atoms with E-state index in [2.05, 4.69) is 93.7 Å². The van der Waals surface area contributed by atoms with Crippen molar-refractivity contribution in [3.8, 4) is 11.1 Å². The third-order valence-corrected chi connectivity index (χ3v) is 7.39. The summed E-state index contributed by atoms with van der Waals surface area (Å²) in [4.78, 5) is 4.00. The average Bonchev–Trinajstić information content (AvgIpc) is 2.96. The van der Waals surface area contributed by atoms with Crippen LogP contribution in [-0.4, -0.2) is 6.34 Å². The monoisotopic (exact) mass is 544 g/mol. The molecule has 3 heteroatoms. The molecule has 0 saturated heterocycles. The second-order valence-corrected chi connectivity index (χ2v) is 9.78. The fourth-order valence-electron chi connectivity index (χ4n) is 4.79. The van der Waals surface area contributed by atoms with Gasteiger partial charge in [0.05, 0.1) is 6.34 Å². The minimum Gasteiger partial charge on any atom is -0.390 e. The van der Waals surface area contributed by atoms with Crippen LogP contribution in [0, 0.1) is 13.8 Å². The molecule has 0 heterocycles. The summed E-state index contributed by atoms with van der Waals surface area (Å²) in [5.74, 6) is 0. The number of allylic oxidation sites excluding steroid dienone is 7. The highest BCUT2D eigenvalue weighted by Gasteiger charge is 2.13. The third kappa shape index (κ3) is 7.16. The molecular weight excluding hydrogens is 508 g/mol. The number of rotatable bonds is 12. The van der Waals surface area contributed by atoms with Gasteiger partial charge in [-0.3, -0.25) is 0 Å².